The number of carbonyl (C=O) groups is 1. The van der Waals surface area contributed by atoms with Crippen LogP contribution in [0, 0.1) is 11.8 Å². The minimum absolute atomic E-state index is 0.0393. The van der Waals surface area contributed by atoms with Gasteiger partial charge in [0.25, 0.3) is 0 Å². The van der Waals surface area contributed by atoms with E-state index in [1.807, 2.05) is 23.1 Å². The number of rotatable bonds is 1. The third-order valence-corrected chi connectivity index (χ3v) is 4.93. The Morgan fingerprint density at radius 1 is 1.32 bits per heavy atom. The molecule has 19 heavy (non-hydrogen) atoms. The van der Waals surface area contributed by atoms with Crippen LogP contribution in [0.5, 0.6) is 0 Å². The van der Waals surface area contributed by atoms with Gasteiger partial charge in [-0.3, -0.25) is 4.79 Å². The zero-order valence-electron chi connectivity index (χ0n) is 11.7. The van der Waals surface area contributed by atoms with Gasteiger partial charge in [-0.1, -0.05) is 31.5 Å². The quantitative estimate of drug-likeness (QED) is 0.842. The van der Waals surface area contributed by atoms with E-state index in [-0.39, 0.29) is 18.0 Å². The van der Waals surface area contributed by atoms with Crippen molar-refractivity contribution in [2.45, 2.75) is 45.2 Å². The lowest BCUT2D eigenvalue weighted by atomic mass is 9.70. The molecule has 2 N–H and O–H groups in total. The van der Waals surface area contributed by atoms with Gasteiger partial charge in [-0.25, -0.2) is 0 Å². The monoisotopic (exact) mass is 258 g/mol. The predicted octanol–water partition coefficient (Wildman–Crippen LogP) is 2.86. The van der Waals surface area contributed by atoms with Crippen molar-refractivity contribution < 1.29 is 4.79 Å². The molecule has 1 aromatic carbocycles. The molecule has 0 aromatic heterocycles. The number of hydrogen-bond donors (Lipinski definition) is 1. The highest BCUT2D eigenvalue weighted by Gasteiger charge is 2.44. The first-order chi connectivity index (χ1) is 9.11. The number of hydrogen-bond acceptors (Lipinski definition) is 2. The molecule has 3 rings (SSSR count). The first kappa shape index (κ1) is 12.7. The Balaban J connectivity index is 2.08. The summed E-state index contributed by atoms with van der Waals surface area (Å²) >= 11 is 0. The first-order valence-corrected chi connectivity index (χ1v) is 7.25. The average Bonchev–Trinajstić information content (AvgIpc) is 2.33. The van der Waals surface area contributed by atoms with E-state index in [9.17, 15) is 4.79 Å². The second kappa shape index (κ2) is 4.64. The van der Waals surface area contributed by atoms with Crippen molar-refractivity contribution in [3.8, 4) is 0 Å². The molecule has 1 aromatic rings. The standard InChI is InChI=1S/C16H22N2O/c1-10-15(17)13-8-3-4-9-14(13)18(11(2)19)16(10)12-6-5-7-12/h3-4,8-10,12,15-16H,5-7,17H2,1-2H3/t10?,15-,16-/m1/s1. The maximum Gasteiger partial charge on any atom is 0.224 e. The summed E-state index contributed by atoms with van der Waals surface area (Å²) in [6.07, 6.45) is 3.75. The Morgan fingerprint density at radius 2 is 2.00 bits per heavy atom. The highest BCUT2D eigenvalue weighted by atomic mass is 16.2. The lowest BCUT2D eigenvalue weighted by Gasteiger charge is -2.49. The first-order valence-electron chi connectivity index (χ1n) is 7.25. The molecule has 3 atom stereocenters. The van der Waals surface area contributed by atoms with Crippen LogP contribution in [-0.2, 0) is 4.79 Å². The molecule has 1 saturated carbocycles. The minimum atomic E-state index is 0.0393. The van der Waals surface area contributed by atoms with Crippen molar-refractivity contribution in [3.05, 3.63) is 29.8 Å². The number of carbonyl (C=O) groups excluding carboxylic acids is 1. The number of fused-ring (bicyclic) bond motifs is 1. The second-order valence-corrected chi connectivity index (χ2v) is 6.01. The van der Waals surface area contributed by atoms with Crippen LogP contribution in [0.4, 0.5) is 5.69 Å². The van der Waals surface area contributed by atoms with Crippen molar-refractivity contribution in [1.29, 1.82) is 0 Å². The van der Waals surface area contributed by atoms with E-state index >= 15 is 0 Å². The average molecular weight is 258 g/mol. The summed E-state index contributed by atoms with van der Waals surface area (Å²) in [4.78, 5) is 14.2. The number of para-hydroxylation sites is 1. The summed E-state index contributed by atoms with van der Waals surface area (Å²) in [5, 5.41) is 0. The topological polar surface area (TPSA) is 46.3 Å². The van der Waals surface area contributed by atoms with E-state index in [0.29, 0.717) is 11.8 Å². The summed E-state index contributed by atoms with van der Waals surface area (Å²) < 4.78 is 0. The molecule has 0 bridgehead atoms. The fourth-order valence-corrected chi connectivity index (χ4v) is 3.68. The van der Waals surface area contributed by atoms with Crippen molar-refractivity contribution in [2.24, 2.45) is 17.6 Å². The number of amides is 1. The molecule has 1 fully saturated rings. The van der Waals surface area contributed by atoms with Gasteiger partial charge in [-0.05, 0) is 36.3 Å². The molecule has 0 radical (unpaired) electrons. The van der Waals surface area contributed by atoms with Gasteiger partial charge in [-0.15, -0.1) is 0 Å². The SMILES string of the molecule is CC(=O)N1c2ccccc2[C@H](N)C(C)[C@@H]1C1CCC1. The third-order valence-electron chi connectivity index (χ3n) is 4.93. The largest absolute Gasteiger partial charge is 0.324 e. The molecule has 1 aliphatic carbocycles. The van der Waals surface area contributed by atoms with Crippen LogP contribution in [0.25, 0.3) is 0 Å². The van der Waals surface area contributed by atoms with E-state index in [1.54, 1.807) is 6.92 Å². The van der Waals surface area contributed by atoms with Crippen LogP contribution in [-0.4, -0.2) is 11.9 Å². The number of benzene rings is 1. The lowest BCUT2D eigenvalue weighted by molar-refractivity contribution is -0.118. The van der Waals surface area contributed by atoms with Gasteiger partial charge in [0.05, 0.1) is 0 Å². The van der Waals surface area contributed by atoms with Crippen molar-refractivity contribution in [1.82, 2.24) is 0 Å². The Morgan fingerprint density at radius 3 is 2.58 bits per heavy atom. The summed E-state index contributed by atoms with van der Waals surface area (Å²) in [6.45, 7) is 3.87. The highest BCUT2D eigenvalue weighted by Crippen LogP contribution is 2.46. The maximum atomic E-state index is 12.2. The van der Waals surface area contributed by atoms with E-state index < -0.39 is 0 Å². The molecule has 0 spiro atoms. The molecular weight excluding hydrogens is 236 g/mol. The Kier molecular flexibility index (Phi) is 3.09. The molecule has 3 nitrogen and oxygen atoms in total. The van der Waals surface area contributed by atoms with Crippen LogP contribution in [0.3, 0.4) is 0 Å². The van der Waals surface area contributed by atoms with Gasteiger partial charge >= 0.3 is 0 Å². The molecule has 1 unspecified atom stereocenters. The fraction of sp³-hybridized carbons (Fsp3) is 0.562. The highest BCUT2D eigenvalue weighted by molar-refractivity contribution is 5.94. The molecule has 0 saturated heterocycles. The van der Waals surface area contributed by atoms with E-state index in [4.69, 9.17) is 5.73 Å². The lowest BCUT2D eigenvalue weighted by Crippen LogP contribution is -2.55. The van der Waals surface area contributed by atoms with E-state index in [2.05, 4.69) is 13.0 Å². The maximum absolute atomic E-state index is 12.2. The van der Waals surface area contributed by atoms with Gasteiger partial charge in [0, 0.05) is 24.7 Å². The predicted molar refractivity (Wildman–Crippen MR) is 76.8 cm³/mol. The number of nitrogens with two attached hydrogens (primary N) is 1. The van der Waals surface area contributed by atoms with E-state index in [1.165, 1.54) is 19.3 Å². The third kappa shape index (κ3) is 1.88. The van der Waals surface area contributed by atoms with Crippen LogP contribution in [0.2, 0.25) is 0 Å². The summed E-state index contributed by atoms with van der Waals surface area (Å²) in [5.74, 6) is 1.09. The van der Waals surface area contributed by atoms with E-state index in [0.717, 1.165) is 11.3 Å². The van der Waals surface area contributed by atoms with Crippen LogP contribution in [0.1, 0.15) is 44.7 Å². The normalized spacial score (nSPS) is 30.7. The molecule has 1 heterocycles. The molecular formula is C16H22N2O. The van der Waals surface area contributed by atoms with Gasteiger partial charge in [0.2, 0.25) is 5.91 Å². The molecule has 1 amide bonds. The minimum Gasteiger partial charge on any atom is -0.324 e. The zero-order valence-corrected chi connectivity index (χ0v) is 11.7. The van der Waals surface area contributed by atoms with Crippen LogP contribution < -0.4 is 10.6 Å². The summed E-state index contributed by atoms with van der Waals surface area (Å²) in [7, 11) is 0. The Labute approximate surface area is 114 Å². The molecule has 2 aliphatic rings. The summed E-state index contributed by atoms with van der Waals surface area (Å²) in [6, 6.07) is 8.41. The van der Waals surface area contributed by atoms with Gasteiger partial charge in [-0.2, -0.15) is 0 Å². The van der Waals surface area contributed by atoms with Crippen molar-refractivity contribution >= 4 is 11.6 Å². The summed E-state index contributed by atoms with van der Waals surface area (Å²) in [5.41, 5.74) is 8.56. The van der Waals surface area contributed by atoms with Gasteiger partial charge in [0.15, 0.2) is 0 Å². The number of nitrogens with zero attached hydrogens (tertiary/aromatic N) is 1. The van der Waals surface area contributed by atoms with Crippen LogP contribution >= 0.6 is 0 Å². The fourth-order valence-electron chi connectivity index (χ4n) is 3.68. The van der Waals surface area contributed by atoms with Crippen molar-refractivity contribution in [3.63, 3.8) is 0 Å². The number of anilines is 1. The van der Waals surface area contributed by atoms with Gasteiger partial charge < -0.3 is 10.6 Å². The van der Waals surface area contributed by atoms with Crippen molar-refractivity contribution in [2.75, 3.05) is 4.90 Å². The van der Waals surface area contributed by atoms with Crippen LogP contribution in [0.15, 0.2) is 24.3 Å². The zero-order chi connectivity index (χ0) is 13.6. The molecule has 3 heteroatoms. The Hall–Kier alpha value is -1.35. The Bertz CT molecular complexity index is 495. The smallest absolute Gasteiger partial charge is 0.224 e. The molecule has 1 aliphatic heterocycles. The second-order valence-electron chi connectivity index (χ2n) is 6.01. The van der Waals surface area contributed by atoms with Gasteiger partial charge in [0.1, 0.15) is 0 Å². The molecule has 102 valence electrons.